The summed E-state index contributed by atoms with van der Waals surface area (Å²) in [6.07, 6.45) is 0. The van der Waals surface area contributed by atoms with Crippen molar-refractivity contribution in [3.05, 3.63) is 87.3 Å². The second-order valence-corrected chi connectivity index (χ2v) is 11.0. The second kappa shape index (κ2) is 14.7. The summed E-state index contributed by atoms with van der Waals surface area (Å²) in [6.45, 7) is 0. The zero-order chi connectivity index (χ0) is 35.9. The van der Waals surface area contributed by atoms with Crippen molar-refractivity contribution >= 4 is 30.4 Å². The summed E-state index contributed by atoms with van der Waals surface area (Å²) >= 11 is 0. The predicted octanol–water partition coefficient (Wildman–Crippen LogP) is 3.86. The van der Waals surface area contributed by atoms with Crippen LogP contribution in [0.1, 0.15) is 0 Å². The van der Waals surface area contributed by atoms with Crippen LogP contribution in [0.4, 0.5) is 65.9 Å². The van der Waals surface area contributed by atoms with Crippen LogP contribution in [0, 0.1) is 87.3 Å². The quantitative estimate of drug-likeness (QED) is 0.126. The minimum atomic E-state index is -5.77. The van der Waals surface area contributed by atoms with Gasteiger partial charge in [0.25, 0.3) is 0 Å². The van der Waals surface area contributed by atoms with E-state index < -0.39 is 132 Å². The van der Waals surface area contributed by atoms with E-state index in [-0.39, 0.29) is 17.1 Å². The summed E-state index contributed by atoms with van der Waals surface area (Å²) in [5, 5.41) is 0. The maximum absolute atomic E-state index is 12.6. The zero-order valence-electron chi connectivity index (χ0n) is 19.9. The molecule has 0 aromatic heterocycles. The van der Waals surface area contributed by atoms with Gasteiger partial charge in [0, 0.05) is 0 Å². The molecule has 3 rings (SSSR count). The van der Waals surface area contributed by atoms with Crippen molar-refractivity contribution < 1.29 is 122 Å². The summed E-state index contributed by atoms with van der Waals surface area (Å²) in [7, 11) is -17.3. The van der Waals surface area contributed by atoms with E-state index in [2.05, 4.69) is 0 Å². The van der Waals surface area contributed by atoms with Crippen LogP contribution in [0.5, 0.6) is 0 Å². The Morgan fingerprint density at radius 2 is 0.348 bits per heavy atom. The number of hydrogen-bond acceptors (Lipinski definition) is 9. The second-order valence-electron chi connectivity index (χ2n) is 7.06. The normalized spacial score (nSPS) is 11.6. The summed E-state index contributed by atoms with van der Waals surface area (Å²) in [5.41, 5.74) is 0. The first-order valence-corrected chi connectivity index (χ1v) is 13.7. The van der Waals surface area contributed by atoms with Crippen LogP contribution in [-0.2, 0) is 47.4 Å². The Morgan fingerprint density at radius 1 is 0.261 bits per heavy atom. The molecular weight excluding hydrogens is 797 g/mol. The fourth-order valence-corrected chi connectivity index (χ4v) is 4.27. The molecule has 0 aliphatic rings. The van der Waals surface area contributed by atoms with E-state index >= 15 is 0 Å². The van der Waals surface area contributed by atoms with Gasteiger partial charge in [0.15, 0.2) is 69.8 Å². The third-order valence-electron chi connectivity index (χ3n) is 4.26. The van der Waals surface area contributed by atoms with Gasteiger partial charge in [-0.05, 0) is 0 Å². The summed E-state index contributed by atoms with van der Waals surface area (Å²) in [5.74, 6) is -38.5. The molecule has 0 heterocycles. The Labute approximate surface area is 254 Å². The first kappa shape index (κ1) is 42.9. The Morgan fingerprint density at radius 3 is 0.435 bits per heavy atom. The molecule has 0 aliphatic carbocycles. The predicted molar refractivity (Wildman–Crippen MR) is 103 cm³/mol. The van der Waals surface area contributed by atoms with E-state index in [4.69, 9.17) is 0 Å². The topological polar surface area (TPSA) is 172 Å². The third kappa shape index (κ3) is 8.60. The van der Waals surface area contributed by atoms with Crippen LogP contribution < -0.4 is 0 Å². The molecule has 0 aliphatic heterocycles. The van der Waals surface area contributed by atoms with Crippen molar-refractivity contribution in [3.63, 3.8) is 0 Å². The van der Waals surface area contributed by atoms with Gasteiger partial charge >= 0.3 is 17.1 Å². The molecular formula is C18F15FeO9S3. The average molecular weight is 797 g/mol. The molecule has 0 spiro atoms. The summed E-state index contributed by atoms with van der Waals surface area (Å²) in [4.78, 5) is -7.13. The van der Waals surface area contributed by atoms with E-state index in [9.17, 15) is 105 Å². The molecule has 0 fully saturated rings. The Hall–Kier alpha value is -3.14. The van der Waals surface area contributed by atoms with Crippen molar-refractivity contribution in [3.8, 4) is 0 Å². The fraction of sp³-hybridized carbons (Fsp3) is 0. The molecule has 0 bridgehead atoms. The molecule has 0 N–H and O–H groups in total. The molecule has 1 radical (unpaired) electrons. The number of rotatable bonds is 3. The van der Waals surface area contributed by atoms with E-state index in [1.54, 1.807) is 0 Å². The van der Waals surface area contributed by atoms with Gasteiger partial charge in [-0.15, -0.1) is 0 Å². The molecule has 0 saturated heterocycles. The van der Waals surface area contributed by atoms with Gasteiger partial charge in [-0.3, -0.25) is 0 Å². The van der Waals surface area contributed by atoms with Gasteiger partial charge in [0.2, 0.25) is 17.5 Å². The van der Waals surface area contributed by atoms with Gasteiger partial charge in [-0.25, -0.2) is 91.1 Å². The zero-order valence-corrected chi connectivity index (χ0v) is 23.5. The first-order valence-electron chi connectivity index (χ1n) is 9.45. The molecule has 0 saturated carbocycles. The van der Waals surface area contributed by atoms with E-state index in [1.807, 2.05) is 0 Å². The fourth-order valence-electron chi connectivity index (χ4n) is 2.41. The van der Waals surface area contributed by atoms with Crippen LogP contribution in [0.3, 0.4) is 0 Å². The van der Waals surface area contributed by atoms with Crippen molar-refractivity contribution in [1.82, 2.24) is 0 Å². The monoisotopic (exact) mass is 797 g/mol. The maximum atomic E-state index is 12.6. The van der Waals surface area contributed by atoms with Crippen molar-refractivity contribution in [2.24, 2.45) is 0 Å². The van der Waals surface area contributed by atoms with Crippen molar-refractivity contribution in [2.75, 3.05) is 0 Å². The smallest absolute Gasteiger partial charge is 0.744 e. The summed E-state index contributed by atoms with van der Waals surface area (Å²) in [6, 6.07) is 0. The van der Waals surface area contributed by atoms with Gasteiger partial charge in [-0.2, -0.15) is 0 Å². The Balaban J connectivity index is 0.000000653. The molecule has 0 unspecified atom stereocenters. The summed E-state index contributed by atoms with van der Waals surface area (Å²) < 4.78 is 279. The van der Waals surface area contributed by atoms with Gasteiger partial charge in [0.05, 0.1) is 0 Å². The molecule has 0 amide bonds. The van der Waals surface area contributed by atoms with Crippen molar-refractivity contribution in [2.45, 2.75) is 14.7 Å². The van der Waals surface area contributed by atoms with Gasteiger partial charge in [0.1, 0.15) is 45.0 Å². The SMILES string of the molecule is O=S(=O)([O-])c1c(F)c(F)c(F)c(F)c1F.O=S(=O)([O-])c1c(F)c(F)c(F)c(F)c1F.O=S(=O)([O-])c1c(F)c(F)c(F)c(F)c1F.[Fe+3]. The molecule has 3 aromatic carbocycles. The molecule has 0 atom stereocenters. The first-order chi connectivity index (χ1) is 20.0. The van der Waals surface area contributed by atoms with Crippen LogP contribution >= 0.6 is 0 Å². The molecule has 46 heavy (non-hydrogen) atoms. The number of benzene rings is 3. The molecule has 257 valence electrons. The largest absolute Gasteiger partial charge is 3.00 e. The number of hydrogen-bond donors (Lipinski definition) is 0. The number of halogens is 15. The third-order valence-corrected chi connectivity index (χ3v) is 6.83. The van der Waals surface area contributed by atoms with Crippen LogP contribution in [0.15, 0.2) is 14.7 Å². The van der Waals surface area contributed by atoms with Crippen molar-refractivity contribution in [1.29, 1.82) is 0 Å². The molecule has 28 heteroatoms. The van der Waals surface area contributed by atoms with Crippen LogP contribution in [0.2, 0.25) is 0 Å². The molecule has 9 nitrogen and oxygen atoms in total. The van der Waals surface area contributed by atoms with E-state index in [1.165, 1.54) is 0 Å². The maximum Gasteiger partial charge on any atom is 3.00 e. The van der Waals surface area contributed by atoms with Crippen LogP contribution in [-0.4, -0.2) is 38.9 Å². The minimum absolute atomic E-state index is 0. The molecule has 3 aromatic rings. The van der Waals surface area contributed by atoms with Gasteiger partial charge < -0.3 is 13.7 Å². The van der Waals surface area contributed by atoms with E-state index in [0.29, 0.717) is 0 Å². The van der Waals surface area contributed by atoms with Gasteiger partial charge in [-0.1, -0.05) is 0 Å². The van der Waals surface area contributed by atoms with E-state index in [0.717, 1.165) is 0 Å². The Kier molecular flexibility index (Phi) is 13.7. The average Bonchev–Trinajstić information content (AvgIpc) is 2.89. The van der Waals surface area contributed by atoms with Crippen LogP contribution in [0.25, 0.3) is 0 Å². The Bertz CT molecular complexity index is 1720. The minimum Gasteiger partial charge on any atom is -0.744 e. The standard InChI is InChI=1S/3C6HF5O3S.Fe/c3*7-1-2(8)4(10)6(15(12,13)14)5(11)3(1)9;/h3*(H,12,13,14);/q;;;+3/p-3.